The molecule has 17 heavy (non-hydrogen) atoms. The van der Waals surface area contributed by atoms with Gasteiger partial charge in [0, 0.05) is 10.0 Å². The van der Waals surface area contributed by atoms with Crippen LogP contribution in [-0.2, 0) is 0 Å². The summed E-state index contributed by atoms with van der Waals surface area (Å²) in [6.45, 7) is 0. The lowest BCUT2D eigenvalue weighted by Crippen LogP contribution is -1.91. The smallest absolute Gasteiger partial charge is 0.0748 e. The van der Waals surface area contributed by atoms with E-state index in [2.05, 4.69) is 26.5 Å². The molecule has 0 bridgehead atoms. The van der Waals surface area contributed by atoms with Gasteiger partial charge in [-0.2, -0.15) is 5.10 Å². The molecule has 1 N–H and O–H groups in total. The monoisotopic (exact) mass is 308 g/mol. The zero-order chi connectivity index (χ0) is 12.1. The second kappa shape index (κ2) is 5.84. The van der Waals surface area contributed by atoms with Crippen LogP contribution in [0.4, 0.5) is 5.69 Å². The Bertz CT molecular complexity index is 540. The van der Waals surface area contributed by atoms with E-state index in [4.69, 9.17) is 11.6 Å². The average molecular weight is 310 g/mol. The molecule has 0 aromatic heterocycles. The van der Waals surface area contributed by atoms with Crippen molar-refractivity contribution in [3.05, 3.63) is 63.6 Å². The first-order chi connectivity index (χ1) is 8.27. The van der Waals surface area contributed by atoms with Crippen LogP contribution in [-0.4, -0.2) is 6.21 Å². The molecule has 2 nitrogen and oxygen atoms in total. The van der Waals surface area contributed by atoms with Gasteiger partial charge in [0.05, 0.1) is 16.9 Å². The Morgan fingerprint density at radius 1 is 1.06 bits per heavy atom. The van der Waals surface area contributed by atoms with Crippen molar-refractivity contribution in [1.29, 1.82) is 0 Å². The molecule has 2 rings (SSSR count). The van der Waals surface area contributed by atoms with Gasteiger partial charge in [0.25, 0.3) is 0 Å². The van der Waals surface area contributed by atoms with E-state index < -0.39 is 0 Å². The molecule has 0 unspecified atom stereocenters. The average Bonchev–Trinajstić information content (AvgIpc) is 2.34. The molecule has 0 saturated carbocycles. The fraction of sp³-hybridized carbons (Fsp3) is 0. The predicted octanol–water partition coefficient (Wildman–Crippen LogP) is 4.55. The maximum atomic E-state index is 5.99. The molecule has 0 atom stereocenters. The number of para-hydroxylation sites is 1. The summed E-state index contributed by atoms with van der Waals surface area (Å²) in [6.07, 6.45) is 1.74. The summed E-state index contributed by atoms with van der Waals surface area (Å²) < 4.78 is 1.00. The van der Waals surface area contributed by atoms with Crippen LogP contribution in [0.2, 0.25) is 5.02 Å². The number of hydrogen-bond donors (Lipinski definition) is 1. The lowest BCUT2D eigenvalue weighted by atomic mass is 10.2. The van der Waals surface area contributed by atoms with E-state index >= 15 is 0 Å². The Balaban J connectivity index is 2.09. The highest BCUT2D eigenvalue weighted by Crippen LogP contribution is 2.20. The van der Waals surface area contributed by atoms with Gasteiger partial charge in [0.1, 0.15) is 0 Å². The summed E-state index contributed by atoms with van der Waals surface area (Å²) in [7, 11) is 0. The van der Waals surface area contributed by atoms with Crippen molar-refractivity contribution in [3.8, 4) is 0 Å². The first-order valence-corrected chi connectivity index (χ1v) is 6.22. The predicted molar refractivity (Wildman–Crippen MR) is 76.8 cm³/mol. The number of hydrazone groups is 1. The van der Waals surface area contributed by atoms with E-state index in [-0.39, 0.29) is 0 Å². The SMILES string of the molecule is Clc1ccccc1NN=Cc1ccccc1Br. The van der Waals surface area contributed by atoms with E-state index in [1.807, 2.05) is 48.5 Å². The lowest BCUT2D eigenvalue weighted by Gasteiger charge is -2.02. The summed E-state index contributed by atoms with van der Waals surface area (Å²) in [5.41, 5.74) is 4.70. The van der Waals surface area contributed by atoms with Gasteiger partial charge in [-0.1, -0.05) is 57.9 Å². The van der Waals surface area contributed by atoms with Gasteiger partial charge < -0.3 is 0 Å². The Morgan fingerprint density at radius 3 is 2.53 bits per heavy atom. The molecular formula is C13H10BrClN2. The minimum absolute atomic E-state index is 0.650. The number of nitrogens with zero attached hydrogens (tertiary/aromatic N) is 1. The number of nitrogens with one attached hydrogen (secondary N) is 1. The van der Waals surface area contributed by atoms with Gasteiger partial charge in [-0.15, -0.1) is 0 Å². The summed E-state index contributed by atoms with van der Waals surface area (Å²) in [4.78, 5) is 0. The van der Waals surface area contributed by atoms with Gasteiger partial charge >= 0.3 is 0 Å². The van der Waals surface area contributed by atoms with Crippen LogP contribution in [0.15, 0.2) is 58.1 Å². The second-order valence-corrected chi connectivity index (χ2v) is 4.63. The molecule has 0 aliphatic rings. The van der Waals surface area contributed by atoms with Crippen LogP contribution in [0.5, 0.6) is 0 Å². The van der Waals surface area contributed by atoms with E-state index in [0.29, 0.717) is 5.02 Å². The molecule has 2 aromatic rings. The topological polar surface area (TPSA) is 24.4 Å². The Labute approximate surface area is 113 Å². The van der Waals surface area contributed by atoms with Crippen LogP contribution in [0.3, 0.4) is 0 Å². The zero-order valence-corrected chi connectivity index (χ0v) is 11.2. The van der Waals surface area contributed by atoms with Crippen molar-refractivity contribution in [2.75, 3.05) is 5.43 Å². The maximum absolute atomic E-state index is 5.99. The summed E-state index contributed by atoms with van der Waals surface area (Å²) >= 11 is 9.44. The number of halogens is 2. The molecule has 4 heteroatoms. The standard InChI is InChI=1S/C13H10BrClN2/c14-11-6-2-1-5-10(11)9-16-17-13-8-4-3-7-12(13)15/h1-9,17H. The van der Waals surface area contributed by atoms with Crippen molar-refractivity contribution >= 4 is 39.4 Å². The van der Waals surface area contributed by atoms with Crippen molar-refractivity contribution in [2.45, 2.75) is 0 Å². The van der Waals surface area contributed by atoms with E-state index in [1.165, 1.54) is 0 Å². The molecular weight excluding hydrogens is 300 g/mol. The zero-order valence-electron chi connectivity index (χ0n) is 8.90. The first-order valence-electron chi connectivity index (χ1n) is 5.05. The van der Waals surface area contributed by atoms with Gasteiger partial charge in [-0.3, -0.25) is 5.43 Å². The molecule has 0 spiro atoms. The van der Waals surface area contributed by atoms with Gasteiger partial charge in [0.2, 0.25) is 0 Å². The molecule has 0 radical (unpaired) electrons. The Kier molecular flexibility index (Phi) is 4.18. The molecule has 0 amide bonds. The molecule has 0 fully saturated rings. The lowest BCUT2D eigenvalue weighted by molar-refractivity contribution is 1.35. The van der Waals surface area contributed by atoms with E-state index in [1.54, 1.807) is 6.21 Å². The highest BCUT2D eigenvalue weighted by Gasteiger charge is 1.96. The largest absolute Gasteiger partial charge is 0.277 e. The van der Waals surface area contributed by atoms with Gasteiger partial charge in [-0.05, 0) is 18.2 Å². The van der Waals surface area contributed by atoms with Crippen molar-refractivity contribution < 1.29 is 0 Å². The number of benzene rings is 2. The van der Waals surface area contributed by atoms with Crippen LogP contribution < -0.4 is 5.43 Å². The van der Waals surface area contributed by atoms with E-state index in [9.17, 15) is 0 Å². The molecule has 0 heterocycles. The molecule has 0 saturated heterocycles. The minimum atomic E-state index is 0.650. The maximum Gasteiger partial charge on any atom is 0.0748 e. The summed E-state index contributed by atoms with van der Waals surface area (Å²) in [5.74, 6) is 0. The fourth-order valence-electron chi connectivity index (χ4n) is 1.30. The van der Waals surface area contributed by atoms with Crippen LogP contribution >= 0.6 is 27.5 Å². The van der Waals surface area contributed by atoms with Crippen LogP contribution in [0.1, 0.15) is 5.56 Å². The number of anilines is 1. The number of rotatable bonds is 3. The van der Waals surface area contributed by atoms with Gasteiger partial charge in [0.15, 0.2) is 0 Å². The summed E-state index contributed by atoms with van der Waals surface area (Å²) in [6, 6.07) is 15.3. The summed E-state index contributed by atoms with van der Waals surface area (Å²) in [5, 5.41) is 4.79. The van der Waals surface area contributed by atoms with Crippen molar-refractivity contribution in [1.82, 2.24) is 0 Å². The van der Waals surface area contributed by atoms with Crippen molar-refractivity contribution in [3.63, 3.8) is 0 Å². The second-order valence-electron chi connectivity index (χ2n) is 3.37. The normalized spacial score (nSPS) is 10.7. The highest BCUT2D eigenvalue weighted by atomic mass is 79.9. The third-order valence-corrected chi connectivity index (χ3v) is 3.22. The third kappa shape index (κ3) is 3.32. The van der Waals surface area contributed by atoms with Gasteiger partial charge in [-0.25, -0.2) is 0 Å². The molecule has 0 aliphatic heterocycles. The van der Waals surface area contributed by atoms with E-state index in [0.717, 1.165) is 15.7 Å². The first kappa shape index (κ1) is 12.1. The minimum Gasteiger partial charge on any atom is -0.277 e. The quantitative estimate of drug-likeness (QED) is 0.653. The Morgan fingerprint density at radius 2 is 1.76 bits per heavy atom. The van der Waals surface area contributed by atoms with Crippen LogP contribution in [0, 0.1) is 0 Å². The molecule has 2 aromatic carbocycles. The van der Waals surface area contributed by atoms with Crippen molar-refractivity contribution in [2.24, 2.45) is 5.10 Å². The third-order valence-electron chi connectivity index (χ3n) is 2.17. The fourth-order valence-corrected chi connectivity index (χ4v) is 1.87. The van der Waals surface area contributed by atoms with Crippen LogP contribution in [0.25, 0.3) is 0 Å². The Hall–Kier alpha value is -1.32. The molecule has 0 aliphatic carbocycles. The number of hydrogen-bond acceptors (Lipinski definition) is 2. The highest BCUT2D eigenvalue weighted by molar-refractivity contribution is 9.10. The molecule has 86 valence electrons.